The molecule has 1 aromatic carbocycles. The molecule has 2 bridgehead atoms. The zero-order valence-corrected chi connectivity index (χ0v) is 14.9. The van der Waals surface area contributed by atoms with Gasteiger partial charge in [0.2, 0.25) is 5.79 Å². The van der Waals surface area contributed by atoms with E-state index in [9.17, 15) is 0 Å². The molecule has 4 atom stereocenters. The van der Waals surface area contributed by atoms with E-state index in [0.29, 0.717) is 25.2 Å². The maximum atomic E-state index is 6.68. The summed E-state index contributed by atoms with van der Waals surface area (Å²) in [6.45, 7) is 2.45. The van der Waals surface area contributed by atoms with Crippen molar-refractivity contribution < 1.29 is 18.9 Å². The standard InChI is InChI=1S/C20H25NO4/c1-21-8-7-19-13-5-6-20(23-9-10-24-20)18(19)25-17-15(22-2)4-3-12(16(17)19)11-14(13)21/h3-4,13-14,18H,5-11H2,1-2H3/t13-,14+,18+,19-/m0/s1. The van der Waals surface area contributed by atoms with Gasteiger partial charge in [-0.1, -0.05) is 6.07 Å². The third kappa shape index (κ3) is 1.57. The highest BCUT2D eigenvalue weighted by Crippen LogP contribution is 2.66. The predicted octanol–water partition coefficient (Wildman–Crippen LogP) is 2.11. The third-order valence-corrected chi connectivity index (χ3v) is 7.58. The number of nitrogens with zero attached hydrogens (tertiary/aromatic N) is 1. The van der Waals surface area contributed by atoms with Crippen LogP contribution in [0.15, 0.2) is 12.1 Å². The number of piperidine rings is 1. The van der Waals surface area contributed by atoms with Gasteiger partial charge in [0.25, 0.3) is 0 Å². The first-order valence-electron chi connectivity index (χ1n) is 9.55. The molecule has 0 amide bonds. The second-order valence-electron chi connectivity index (χ2n) is 8.33. The van der Waals surface area contributed by atoms with Crippen LogP contribution < -0.4 is 9.47 Å². The maximum Gasteiger partial charge on any atom is 0.206 e. The average molecular weight is 343 g/mol. The van der Waals surface area contributed by atoms with Gasteiger partial charge in [-0.3, -0.25) is 0 Å². The van der Waals surface area contributed by atoms with Gasteiger partial charge >= 0.3 is 0 Å². The van der Waals surface area contributed by atoms with Crippen LogP contribution in [0.5, 0.6) is 11.5 Å². The van der Waals surface area contributed by atoms with Crippen molar-refractivity contribution in [2.45, 2.75) is 49.0 Å². The highest BCUT2D eigenvalue weighted by atomic mass is 16.8. The van der Waals surface area contributed by atoms with Gasteiger partial charge in [-0.15, -0.1) is 0 Å². The van der Waals surface area contributed by atoms with Gasteiger partial charge in [-0.25, -0.2) is 0 Å². The number of ether oxygens (including phenoxy) is 4. The molecule has 5 heteroatoms. The topological polar surface area (TPSA) is 40.2 Å². The number of methoxy groups -OCH3 is 1. The molecule has 25 heavy (non-hydrogen) atoms. The van der Waals surface area contributed by atoms with E-state index >= 15 is 0 Å². The van der Waals surface area contributed by atoms with Crippen molar-refractivity contribution in [3.05, 3.63) is 23.3 Å². The summed E-state index contributed by atoms with van der Waals surface area (Å²) in [6, 6.07) is 4.91. The van der Waals surface area contributed by atoms with Crippen molar-refractivity contribution in [3.63, 3.8) is 0 Å². The Balaban J connectivity index is 1.62. The number of likely N-dealkylation sites (tertiary alicyclic amines) is 1. The van der Waals surface area contributed by atoms with Crippen LogP contribution in [0.2, 0.25) is 0 Å². The molecule has 0 unspecified atom stereocenters. The molecule has 2 saturated heterocycles. The van der Waals surface area contributed by atoms with Crippen molar-refractivity contribution in [2.75, 3.05) is 33.9 Å². The summed E-state index contributed by atoms with van der Waals surface area (Å²) in [5.41, 5.74) is 2.85. The quantitative estimate of drug-likeness (QED) is 0.781. The van der Waals surface area contributed by atoms with Crippen molar-refractivity contribution >= 4 is 0 Å². The number of rotatable bonds is 1. The van der Waals surface area contributed by atoms with Crippen LogP contribution in [0, 0.1) is 5.92 Å². The minimum Gasteiger partial charge on any atom is -0.493 e. The van der Waals surface area contributed by atoms with Crippen LogP contribution in [0.3, 0.4) is 0 Å². The molecule has 5 nitrogen and oxygen atoms in total. The van der Waals surface area contributed by atoms with Crippen LogP contribution >= 0.6 is 0 Å². The Morgan fingerprint density at radius 2 is 2.04 bits per heavy atom. The largest absolute Gasteiger partial charge is 0.493 e. The molecule has 2 aliphatic carbocycles. The van der Waals surface area contributed by atoms with Gasteiger partial charge < -0.3 is 23.8 Å². The Kier molecular flexibility index (Phi) is 2.79. The molecule has 5 aliphatic rings. The zero-order valence-electron chi connectivity index (χ0n) is 14.9. The third-order valence-electron chi connectivity index (χ3n) is 7.58. The first kappa shape index (κ1) is 14.8. The highest BCUT2D eigenvalue weighted by molar-refractivity contribution is 5.61. The van der Waals surface area contributed by atoms with Crippen molar-refractivity contribution in [1.82, 2.24) is 4.90 Å². The Labute approximate surface area is 148 Å². The summed E-state index contributed by atoms with van der Waals surface area (Å²) in [5, 5.41) is 0. The molecule has 3 aliphatic heterocycles. The molecule has 3 heterocycles. The smallest absolute Gasteiger partial charge is 0.206 e. The van der Waals surface area contributed by atoms with Crippen molar-refractivity contribution in [2.24, 2.45) is 5.92 Å². The normalized spacial score (nSPS) is 40.0. The lowest BCUT2D eigenvalue weighted by atomic mass is 9.50. The number of likely N-dealkylation sites (N-methyl/N-ethyl adjacent to an activating group) is 1. The number of benzene rings is 1. The summed E-state index contributed by atoms with van der Waals surface area (Å²) in [6.07, 6.45) is 4.24. The molecule has 2 spiro atoms. The van der Waals surface area contributed by atoms with E-state index in [4.69, 9.17) is 18.9 Å². The summed E-state index contributed by atoms with van der Waals surface area (Å²) in [4.78, 5) is 2.56. The monoisotopic (exact) mass is 343 g/mol. The number of hydrogen-bond acceptors (Lipinski definition) is 5. The van der Waals surface area contributed by atoms with Crippen LogP contribution in [-0.4, -0.2) is 56.7 Å². The van der Waals surface area contributed by atoms with E-state index in [1.54, 1.807) is 7.11 Å². The lowest BCUT2D eigenvalue weighted by molar-refractivity contribution is -0.260. The molecule has 1 saturated carbocycles. The fourth-order valence-corrected chi connectivity index (χ4v) is 6.63. The summed E-state index contributed by atoms with van der Waals surface area (Å²) in [5.74, 6) is 1.84. The van der Waals surface area contributed by atoms with Gasteiger partial charge in [-0.05, 0) is 50.4 Å². The first-order valence-corrected chi connectivity index (χ1v) is 9.55. The minimum atomic E-state index is -0.574. The molecule has 1 aromatic rings. The lowest BCUT2D eigenvalue weighted by Crippen LogP contribution is -2.69. The average Bonchev–Trinajstić information content (AvgIpc) is 3.23. The Hall–Kier alpha value is -1.30. The van der Waals surface area contributed by atoms with Gasteiger partial charge in [0, 0.05) is 23.4 Å². The van der Waals surface area contributed by atoms with Gasteiger partial charge in [0.15, 0.2) is 17.6 Å². The summed E-state index contributed by atoms with van der Waals surface area (Å²) >= 11 is 0. The van der Waals surface area contributed by atoms with E-state index < -0.39 is 5.79 Å². The van der Waals surface area contributed by atoms with Crippen LogP contribution in [0.4, 0.5) is 0 Å². The molecular weight excluding hydrogens is 318 g/mol. The molecule has 134 valence electrons. The van der Waals surface area contributed by atoms with E-state index in [2.05, 4.69) is 24.1 Å². The maximum absolute atomic E-state index is 6.68. The fourth-order valence-electron chi connectivity index (χ4n) is 6.63. The Morgan fingerprint density at radius 3 is 2.84 bits per heavy atom. The first-order chi connectivity index (χ1) is 12.2. The number of hydrogen-bond donors (Lipinski definition) is 0. The van der Waals surface area contributed by atoms with Crippen LogP contribution in [0.25, 0.3) is 0 Å². The summed E-state index contributed by atoms with van der Waals surface area (Å²) < 4.78 is 24.8. The lowest BCUT2D eigenvalue weighted by Gasteiger charge is -2.60. The molecule has 3 fully saturated rings. The minimum absolute atomic E-state index is 0.0111. The fraction of sp³-hybridized carbons (Fsp3) is 0.700. The van der Waals surface area contributed by atoms with E-state index in [1.807, 2.05) is 0 Å². The molecule has 0 radical (unpaired) electrons. The van der Waals surface area contributed by atoms with Crippen molar-refractivity contribution in [3.8, 4) is 11.5 Å². The molecular formula is C20H25NO4. The van der Waals surface area contributed by atoms with E-state index in [1.165, 1.54) is 11.1 Å². The zero-order chi connectivity index (χ0) is 16.8. The second-order valence-corrected chi connectivity index (χ2v) is 8.33. The molecule has 0 N–H and O–H groups in total. The van der Waals surface area contributed by atoms with Gasteiger partial charge in [0.05, 0.1) is 20.3 Å². The SMILES string of the molecule is COc1ccc2c3c1O[C@H]1C4(CC[C@H]5[C@@H](C2)N(C)CC[C@@]351)OCCO4. The highest BCUT2D eigenvalue weighted by Gasteiger charge is 2.71. The van der Waals surface area contributed by atoms with E-state index in [-0.39, 0.29) is 11.5 Å². The molecule has 0 aromatic heterocycles. The van der Waals surface area contributed by atoms with Gasteiger partial charge in [-0.2, -0.15) is 0 Å². The summed E-state index contributed by atoms with van der Waals surface area (Å²) in [7, 11) is 4.02. The number of fused-ring (bicyclic) bond motifs is 1. The van der Waals surface area contributed by atoms with E-state index in [0.717, 1.165) is 43.7 Å². The predicted molar refractivity (Wildman–Crippen MR) is 91.2 cm³/mol. The van der Waals surface area contributed by atoms with Crippen LogP contribution in [-0.2, 0) is 21.3 Å². The van der Waals surface area contributed by atoms with Crippen molar-refractivity contribution in [1.29, 1.82) is 0 Å². The Bertz CT molecular complexity index is 743. The Morgan fingerprint density at radius 1 is 1.20 bits per heavy atom. The van der Waals surface area contributed by atoms with Gasteiger partial charge in [0.1, 0.15) is 0 Å². The molecule has 6 rings (SSSR count). The van der Waals surface area contributed by atoms with Crippen LogP contribution in [0.1, 0.15) is 30.4 Å². The second kappa shape index (κ2) is 4.70.